The zero-order valence-corrected chi connectivity index (χ0v) is 14.6. The Kier molecular flexibility index (Phi) is 4.75. The molecular weight excluding hydrogens is 357 g/mol. The number of nitrogens with one attached hydrogen (secondary N) is 1. The normalized spacial score (nSPS) is 15.2. The molecule has 3 heterocycles. The van der Waals surface area contributed by atoms with Crippen LogP contribution in [0.5, 0.6) is 0 Å². The van der Waals surface area contributed by atoms with Crippen molar-refractivity contribution in [2.75, 3.05) is 17.7 Å². The molecule has 7 nitrogen and oxygen atoms in total. The quantitative estimate of drug-likeness (QED) is 0.879. The summed E-state index contributed by atoms with van der Waals surface area (Å²) in [5, 5.41) is 4.66. The fraction of sp³-hybridized carbons (Fsp3) is 0.429. The summed E-state index contributed by atoms with van der Waals surface area (Å²) < 4.78 is 40.7. The number of aryl methyl sites for hydroxylation is 1. The molecule has 3 rings (SSSR count). The van der Waals surface area contributed by atoms with E-state index < -0.39 is 15.8 Å². The first kappa shape index (κ1) is 17.1. The van der Waals surface area contributed by atoms with Gasteiger partial charge in [-0.1, -0.05) is 11.6 Å². The number of anilines is 1. The standard InChI is InChI=1S/C14H17ClFN5O2S/c1-24(22,23)18-8-11-6-12-9-20(3-2-4-21(12)19-11)14-13(16)5-10(15)7-17-14/h5-7,18H,2-4,8-9H2,1H3. The van der Waals surface area contributed by atoms with Crippen LogP contribution in [0.15, 0.2) is 18.3 Å². The number of hydrogen-bond acceptors (Lipinski definition) is 5. The second kappa shape index (κ2) is 6.66. The Morgan fingerprint density at radius 3 is 2.88 bits per heavy atom. The Morgan fingerprint density at radius 2 is 2.17 bits per heavy atom. The van der Waals surface area contributed by atoms with Crippen LogP contribution in [0.25, 0.3) is 0 Å². The van der Waals surface area contributed by atoms with E-state index in [0.29, 0.717) is 25.3 Å². The predicted molar refractivity (Wildman–Crippen MR) is 88.8 cm³/mol. The number of fused-ring (bicyclic) bond motifs is 1. The van der Waals surface area contributed by atoms with Crippen LogP contribution in [0.1, 0.15) is 17.8 Å². The van der Waals surface area contributed by atoms with Gasteiger partial charge in [-0.3, -0.25) is 4.68 Å². The van der Waals surface area contributed by atoms with Crippen LogP contribution >= 0.6 is 11.6 Å². The van der Waals surface area contributed by atoms with E-state index in [1.165, 1.54) is 12.3 Å². The summed E-state index contributed by atoms with van der Waals surface area (Å²) >= 11 is 5.75. The molecule has 0 atom stereocenters. The van der Waals surface area contributed by atoms with Crippen LogP contribution < -0.4 is 9.62 Å². The summed E-state index contributed by atoms with van der Waals surface area (Å²) in [6.45, 7) is 1.90. The van der Waals surface area contributed by atoms with E-state index in [4.69, 9.17) is 11.6 Å². The lowest BCUT2D eigenvalue weighted by atomic mass is 10.3. The van der Waals surface area contributed by atoms with Gasteiger partial charge >= 0.3 is 0 Å². The van der Waals surface area contributed by atoms with Crippen LogP contribution in [0.3, 0.4) is 0 Å². The molecule has 1 N–H and O–H groups in total. The summed E-state index contributed by atoms with van der Waals surface area (Å²) in [5.41, 5.74) is 1.51. The van der Waals surface area contributed by atoms with Crippen LogP contribution in [0, 0.1) is 5.82 Å². The third-order valence-corrected chi connectivity index (χ3v) is 4.54. The van der Waals surface area contributed by atoms with Crippen molar-refractivity contribution in [2.45, 2.75) is 26.1 Å². The SMILES string of the molecule is CS(=O)(=O)NCc1cc2n(n1)CCCN(c1ncc(Cl)cc1F)C2. The van der Waals surface area contributed by atoms with Crippen molar-refractivity contribution in [3.63, 3.8) is 0 Å². The molecule has 24 heavy (non-hydrogen) atoms. The number of pyridine rings is 1. The van der Waals surface area contributed by atoms with Gasteiger partial charge in [-0.2, -0.15) is 5.10 Å². The van der Waals surface area contributed by atoms with Gasteiger partial charge < -0.3 is 4.90 Å². The Hall–Kier alpha value is -1.71. The van der Waals surface area contributed by atoms with Crippen molar-refractivity contribution in [1.82, 2.24) is 19.5 Å². The first-order valence-electron chi connectivity index (χ1n) is 7.38. The number of rotatable bonds is 4. The molecule has 2 aromatic rings. The predicted octanol–water partition coefficient (Wildman–Crippen LogP) is 1.53. The Bertz CT molecular complexity index is 855. The van der Waals surface area contributed by atoms with Crippen LogP contribution in [-0.4, -0.2) is 36.0 Å². The fourth-order valence-corrected chi connectivity index (χ4v) is 3.19. The number of aromatic nitrogens is 3. The van der Waals surface area contributed by atoms with Crippen LogP contribution in [0.4, 0.5) is 10.2 Å². The maximum Gasteiger partial charge on any atom is 0.209 e. The zero-order valence-electron chi connectivity index (χ0n) is 13.0. The fourth-order valence-electron chi connectivity index (χ4n) is 2.63. The first-order valence-corrected chi connectivity index (χ1v) is 9.65. The molecule has 0 radical (unpaired) electrons. The van der Waals surface area contributed by atoms with E-state index in [9.17, 15) is 12.8 Å². The zero-order chi connectivity index (χ0) is 17.3. The molecule has 0 saturated heterocycles. The molecule has 0 fully saturated rings. The van der Waals surface area contributed by atoms with Gasteiger partial charge in [0.25, 0.3) is 0 Å². The second-order valence-electron chi connectivity index (χ2n) is 5.68. The molecule has 0 unspecified atom stereocenters. The lowest BCUT2D eigenvalue weighted by molar-refractivity contribution is 0.572. The topological polar surface area (TPSA) is 80.1 Å². The van der Waals surface area contributed by atoms with Crippen molar-refractivity contribution in [3.05, 3.63) is 40.6 Å². The monoisotopic (exact) mass is 373 g/mol. The van der Waals surface area contributed by atoms with E-state index >= 15 is 0 Å². The maximum absolute atomic E-state index is 14.1. The Labute approximate surface area is 144 Å². The molecule has 0 aliphatic carbocycles. The minimum absolute atomic E-state index is 0.131. The third kappa shape index (κ3) is 4.03. The number of nitrogens with zero attached hydrogens (tertiary/aromatic N) is 4. The highest BCUT2D eigenvalue weighted by Gasteiger charge is 2.20. The Morgan fingerprint density at radius 1 is 1.38 bits per heavy atom. The molecule has 0 bridgehead atoms. The van der Waals surface area contributed by atoms with Crippen molar-refractivity contribution in [3.8, 4) is 0 Å². The van der Waals surface area contributed by atoms with Gasteiger partial charge in [-0.15, -0.1) is 0 Å². The smallest absolute Gasteiger partial charge is 0.209 e. The lowest BCUT2D eigenvalue weighted by Crippen LogP contribution is -2.24. The average molecular weight is 374 g/mol. The highest BCUT2D eigenvalue weighted by molar-refractivity contribution is 7.88. The van der Waals surface area contributed by atoms with Gasteiger partial charge in [-0.25, -0.2) is 22.5 Å². The molecule has 2 aromatic heterocycles. The molecular formula is C14H17ClFN5O2S. The lowest BCUT2D eigenvalue weighted by Gasteiger charge is -2.21. The molecule has 10 heteroatoms. The van der Waals surface area contributed by atoms with Crippen LogP contribution in [0.2, 0.25) is 5.02 Å². The average Bonchev–Trinajstić information content (AvgIpc) is 2.76. The summed E-state index contributed by atoms with van der Waals surface area (Å²) in [7, 11) is -3.28. The maximum atomic E-state index is 14.1. The number of hydrogen-bond donors (Lipinski definition) is 1. The molecule has 1 aliphatic heterocycles. The van der Waals surface area contributed by atoms with Gasteiger partial charge in [0.1, 0.15) is 0 Å². The second-order valence-corrected chi connectivity index (χ2v) is 7.95. The molecule has 130 valence electrons. The minimum Gasteiger partial charge on any atom is -0.348 e. The summed E-state index contributed by atoms with van der Waals surface area (Å²) in [6, 6.07) is 3.07. The van der Waals surface area contributed by atoms with Gasteiger partial charge in [0.2, 0.25) is 10.0 Å². The van der Waals surface area contributed by atoms with E-state index in [-0.39, 0.29) is 17.4 Å². The summed E-state index contributed by atoms with van der Waals surface area (Å²) in [5.74, 6) is -0.209. The molecule has 0 spiro atoms. The molecule has 0 saturated carbocycles. The van der Waals surface area contributed by atoms with E-state index in [2.05, 4.69) is 14.8 Å². The van der Waals surface area contributed by atoms with Gasteiger partial charge in [0, 0.05) is 19.3 Å². The highest BCUT2D eigenvalue weighted by Crippen LogP contribution is 2.24. The van der Waals surface area contributed by atoms with Gasteiger partial charge in [-0.05, 0) is 18.6 Å². The first-order chi connectivity index (χ1) is 11.3. The molecule has 0 amide bonds. The van der Waals surface area contributed by atoms with E-state index in [1.807, 2.05) is 15.6 Å². The van der Waals surface area contributed by atoms with Gasteiger partial charge in [0.15, 0.2) is 11.6 Å². The number of halogens is 2. The van der Waals surface area contributed by atoms with Gasteiger partial charge in [0.05, 0.1) is 35.8 Å². The summed E-state index contributed by atoms with van der Waals surface area (Å²) in [6.07, 6.45) is 3.30. The van der Waals surface area contributed by atoms with Crippen molar-refractivity contribution >= 4 is 27.4 Å². The largest absolute Gasteiger partial charge is 0.348 e. The molecule has 0 aromatic carbocycles. The molecule has 1 aliphatic rings. The number of sulfonamides is 1. The van der Waals surface area contributed by atoms with Crippen molar-refractivity contribution in [2.24, 2.45) is 0 Å². The van der Waals surface area contributed by atoms with Crippen molar-refractivity contribution in [1.29, 1.82) is 0 Å². The third-order valence-electron chi connectivity index (χ3n) is 3.67. The van der Waals surface area contributed by atoms with Crippen molar-refractivity contribution < 1.29 is 12.8 Å². The highest BCUT2D eigenvalue weighted by atomic mass is 35.5. The summed E-state index contributed by atoms with van der Waals surface area (Å²) in [4.78, 5) is 5.92. The Balaban J connectivity index is 1.81. The van der Waals surface area contributed by atoms with E-state index in [1.54, 1.807) is 0 Å². The van der Waals surface area contributed by atoms with E-state index in [0.717, 1.165) is 18.4 Å². The van der Waals surface area contributed by atoms with Crippen LogP contribution in [-0.2, 0) is 29.7 Å². The minimum atomic E-state index is -3.28.